The zero-order valence-electron chi connectivity index (χ0n) is 14.7. The molecule has 0 aliphatic rings. The summed E-state index contributed by atoms with van der Waals surface area (Å²) in [6.07, 6.45) is 2.26. The number of amides is 2. The van der Waals surface area contributed by atoms with Gasteiger partial charge in [0.1, 0.15) is 11.8 Å². The van der Waals surface area contributed by atoms with E-state index in [2.05, 4.69) is 10.6 Å². The molecule has 1 atom stereocenters. The first-order valence-corrected chi connectivity index (χ1v) is 9.61. The predicted molar refractivity (Wildman–Crippen MR) is 102 cm³/mol. The number of benzene rings is 2. The number of carbonyl (C=O) groups excluding carboxylic acids is 2. The van der Waals surface area contributed by atoms with Crippen molar-refractivity contribution in [1.82, 2.24) is 5.32 Å². The summed E-state index contributed by atoms with van der Waals surface area (Å²) >= 11 is 1.52. The van der Waals surface area contributed by atoms with Gasteiger partial charge < -0.3 is 15.4 Å². The van der Waals surface area contributed by atoms with Gasteiger partial charge in [0.15, 0.2) is 18.2 Å². The molecule has 0 heterocycles. The summed E-state index contributed by atoms with van der Waals surface area (Å²) in [7, 11) is 0. The minimum Gasteiger partial charge on any atom is -0.484 e. The van der Waals surface area contributed by atoms with Gasteiger partial charge in [0.2, 0.25) is 5.91 Å². The number of hydrogen-bond donors (Lipinski definition) is 2. The summed E-state index contributed by atoms with van der Waals surface area (Å²) in [6.45, 7) is -0.238. The van der Waals surface area contributed by atoms with Crippen LogP contribution in [0.2, 0.25) is 0 Å². The maximum Gasteiger partial charge on any atom is 0.258 e. The maximum atomic E-state index is 13.3. The molecule has 0 fully saturated rings. The zero-order valence-corrected chi connectivity index (χ0v) is 15.5. The van der Waals surface area contributed by atoms with E-state index in [1.165, 1.54) is 17.8 Å². The third kappa shape index (κ3) is 6.90. The van der Waals surface area contributed by atoms with Crippen LogP contribution in [0.25, 0.3) is 0 Å². The third-order valence-electron chi connectivity index (χ3n) is 3.56. The Labute approximate surface area is 160 Å². The van der Waals surface area contributed by atoms with E-state index in [9.17, 15) is 18.4 Å². The molecule has 0 bridgehead atoms. The SMILES string of the molecule is CSCC[C@@H](NC(=O)COc1ccccc1)C(=O)Nc1ccc(F)c(F)c1. The molecule has 0 aliphatic carbocycles. The fourth-order valence-corrected chi connectivity index (χ4v) is 2.68. The number of para-hydroxylation sites is 1. The molecule has 0 radical (unpaired) electrons. The number of thioether (sulfide) groups is 1. The van der Waals surface area contributed by atoms with E-state index in [4.69, 9.17) is 4.74 Å². The number of anilines is 1. The molecule has 0 aromatic heterocycles. The van der Waals surface area contributed by atoms with Crippen LogP contribution in [0, 0.1) is 11.6 Å². The molecule has 27 heavy (non-hydrogen) atoms. The Morgan fingerprint density at radius 3 is 2.52 bits per heavy atom. The van der Waals surface area contributed by atoms with Crippen molar-refractivity contribution in [2.24, 2.45) is 0 Å². The molecule has 0 spiro atoms. The van der Waals surface area contributed by atoms with Crippen LogP contribution >= 0.6 is 11.8 Å². The van der Waals surface area contributed by atoms with E-state index in [1.807, 2.05) is 12.3 Å². The average Bonchev–Trinajstić information content (AvgIpc) is 2.67. The van der Waals surface area contributed by atoms with Crippen LogP contribution in [0.15, 0.2) is 48.5 Å². The monoisotopic (exact) mass is 394 g/mol. The number of hydrogen-bond acceptors (Lipinski definition) is 4. The largest absolute Gasteiger partial charge is 0.484 e. The van der Waals surface area contributed by atoms with Crippen molar-refractivity contribution >= 4 is 29.3 Å². The van der Waals surface area contributed by atoms with Crippen molar-refractivity contribution in [3.05, 3.63) is 60.2 Å². The van der Waals surface area contributed by atoms with Gasteiger partial charge >= 0.3 is 0 Å². The summed E-state index contributed by atoms with van der Waals surface area (Å²) in [6, 6.07) is 11.1. The predicted octanol–water partition coefficient (Wildman–Crippen LogP) is 3.22. The lowest BCUT2D eigenvalue weighted by Crippen LogP contribution is -2.45. The lowest BCUT2D eigenvalue weighted by molar-refractivity contribution is -0.127. The summed E-state index contributed by atoms with van der Waals surface area (Å²) in [4.78, 5) is 24.5. The van der Waals surface area contributed by atoms with Crippen LogP contribution in [-0.4, -0.2) is 36.5 Å². The van der Waals surface area contributed by atoms with E-state index in [1.54, 1.807) is 24.3 Å². The lowest BCUT2D eigenvalue weighted by atomic mass is 10.2. The second kappa shape index (κ2) is 10.5. The molecule has 2 aromatic carbocycles. The van der Waals surface area contributed by atoms with Crippen molar-refractivity contribution in [1.29, 1.82) is 0 Å². The van der Waals surface area contributed by atoms with Gasteiger partial charge in [-0.1, -0.05) is 18.2 Å². The Bertz CT molecular complexity index is 775. The summed E-state index contributed by atoms with van der Waals surface area (Å²) in [5.41, 5.74) is 0.114. The highest BCUT2D eigenvalue weighted by molar-refractivity contribution is 7.98. The smallest absolute Gasteiger partial charge is 0.258 e. The van der Waals surface area contributed by atoms with Gasteiger partial charge in [-0.25, -0.2) is 8.78 Å². The molecule has 2 aromatic rings. The highest BCUT2D eigenvalue weighted by atomic mass is 32.2. The van der Waals surface area contributed by atoms with Gasteiger partial charge in [-0.2, -0.15) is 11.8 Å². The normalized spacial score (nSPS) is 11.5. The number of nitrogens with one attached hydrogen (secondary N) is 2. The molecule has 2 N–H and O–H groups in total. The number of halogens is 2. The average molecular weight is 394 g/mol. The Balaban J connectivity index is 1.94. The Hall–Kier alpha value is -2.61. The zero-order chi connectivity index (χ0) is 19.6. The topological polar surface area (TPSA) is 67.4 Å². The highest BCUT2D eigenvalue weighted by Gasteiger charge is 2.21. The van der Waals surface area contributed by atoms with Gasteiger partial charge in [0, 0.05) is 11.8 Å². The van der Waals surface area contributed by atoms with E-state index in [0.717, 1.165) is 12.1 Å². The first-order valence-electron chi connectivity index (χ1n) is 8.21. The molecule has 5 nitrogen and oxygen atoms in total. The fraction of sp³-hybridized carbons (Fsp3) is 0.263. The molecular weight excluding hydrogens is 374 g/mol. The Kier molecular flexibility index (Phi) is 8.06. The van der Waals surface area contributed by atoms with Crippen molar-refractivity contribution in [3.63, 3.8) is 0 Å². The van der Waals surface area contributed by atoms with Crippen LogP contribution in [0.4, 0.5) is 14.5 Å². The van der Waals surface area contributed by atoms with Gasteiger partial charge in [0.25, 0.3) is 5.91 Å². The number of carbonyl (C=O) groups is 2. The van der Waals surface area contributed by atoms with Gasteiger partial charge in [-0.05, 0) is 42.7 Å². The van der Waals surface area contributed by atoms with E-state index >= 15 is 0 Å². The van der Waals surface area contributed by atoms with Crippen molar-refractivity contribution < 1.29 is 23.1 Å². The first kappa shape index (κ1) is 20.7. The summed E-state index contributed by atoms with van der Waals surface area (Å²) < 4.78 is 31.6. The van der Waals surface area contributed by atoms with Crippen LogP contribution in [-0.2, 0) is 9.59 Å². The number of ether oxygens (including phenoxy) is 1. The quantitative estimate of drug-likeness (QED) is 0.685. The van der Waals surface area contributed by atoms with Crippen molar-refractivity contribution in [3.8, 4) is 5.75 Å². The standard InChI is InChI=1S/C19H20F2N2O3S/c1-27-10-9-17(19(25)22-13-7-8-15(20)16(21)11-13)23-18(24)12-26-14-5-3-2-4-6-14/h2-8,11,17H,9-10,12H2,1H3,(H,22,25)(H,23,24)/t17-/m1/s1. The van der Waals surface area contributed by atoms with Crippen molar-refractivity contribution in [2.75, 3.05) is 23.9 Å². The Morgan fingerprint density at radius 2 is 1.85 bits per heavy atom. The van der Waals surface area contributed by atoms with Crippen LogP contribution in [0.5, 0.6) is 5.75 Å². The van der Waals surface area contributed by atoms with Crippen molar-refractivity contribution in [2.45, 2.75) is 12.5 Å². The van der Waals surface area contributed by atoms with E-state index < -0.39 is 29.5 Å². The first-order chi connectivity index (χ1) is 13.0. The molecule has 144 valence electrons. The summed E-state index contributed by atoms with van der Waals surface area (Å²) in [5, 5.41) is 5.10. The highest BCUT2D eigenvalue weighted by Crippen LogP contribution is 2.14. The third-order valence-corrected chi connectivity index (χ3v) is 4.21. The molecule has 0 aliphatic heterocycles. The Morgan fingerprint density at radius 1 is 1.11 bits per heavy atom. The molecule has 8 heteroatoms. The molecule has 0 unspecified atom stereocenters. The molecule has 0 saturated heterocycles. The van der Waals surface area contributed by atoms with Gasteiger partial charge in [-0.3, -0.25) is 9.59 Å². The second-order valence-electron chi connectivity index (χ2n) is 5.62. The molecule has 2 rings (SSSR count). The van der Waals surface area contributed by atoms with Crippen LogP contribution in [0.3, 0.4) is 0 Å². The van der Waals surface area contributed by atoms with Crippen LogP contribution in [0.1, 0.15) is 6.42 Å². The molecular formula is C19H20F2N2O3S. The van der Waals surface area contributed by atoms with Gasteiger partial charge in [-0.15, -0.1) is 0 Å². The van der Waals surface area contributed by atoms with Gasteiger partial charge in [0.05, 0.1) is 0 Å². The van der Waals surface area contributed by atoms with E-state index in [-0.39, 0.29) is 12.3 Å². The lowest BCUT2D eigenvalue weighted by Gasteiger charge is -2.18. The summed E-state index contributed by atoms with van der Waals surface area (Å²) in [5.74, 6) is -1.85. The van der Waals surface area contributed by atoms with E-state index in [0.29, 0.717) is 17.9 Å². The molecule has 2 amide bonds. The number of rotatable bonds is 9. The molecule has 0 saturated carbocycles. The minimum atomic E-state index is -1.06. The second-order valence-corrected chi connectivity index (χ2v) is 6.61. The maximum absolute atomic E-state index is 13.3. The fourth-order valence-electron chi connectivity index (χ4n) is 2.21. The van der Waals surface area contributed by atoms with Crippen LogP contribution < -0.4 is 15.4 Å². The minimum absolute atomic E-state index is 0.114.